The van der Waals surface area contributed by atoms with E-state index in [9.17, 15) is 0 Å². The molecule has 0 aromatic carbocycles. The fraction of sp³-hybridized carbons (Fsp3) is 0. The Bertz CT molecular complexity index is 27.5. The van der Waals surface area contributed by atoms with Gasteiger partial charge < -0.3 is 0 Å². The van der Waals surface area contributed by atoms with Gasteiger partial charge in [-0.1, -0.05) is 0 Å². The normalized spacial score (nSPS) is 2.00. The molecule has 0 aliphatic heterocycles. The van der Waals surface area contributed by atoms with Crippen molar-refractivity contribution >= 4 is 34.7 Å². The third kappa shape index (κ3) is 18.0. The summed E-state index contributed by atoms with van der Waals surface area (Å²) in [7, 11) is 0. The van der Waals surface area contributed by atoms with Crippen LogP contribution in [0.3, 0.4) is 0 Å². The van der Waals surface area contributed by atoms with Crippen molar-refractivity contribution in [3.05, 3.63) is 0 Å². The zero-order chi connectivity index (χ0) is 2.71. The van der Waals surface area contributed by atoms with Gasteiger partial charge in [0, 0.05) is 5.38 Å². The highest BCUT2D eigenvalue weighted by molar-refractivity contribution is 6.29. The van der Waals surface area contributed by atoms with Gasteiger partial charge in [-0.15, -0.1) is 6.42 Å². The minimum Gasteiger partial charge on any atom is -0.103 e. The highest BCUT2D eigenvalue weighted by Gasteiger charge is 1.13. The summed E-state index contributed by atoms with van der Waals surface area (Å²) >= 11 is 4.53. The summed E-state index contributed by atoms with van der Waals surface area (Å²) in [6.45, 7) is 0. The van der Waals surface area contributed by atoms with Crippen LogP contribution in [0.5, 0.6) is 0 Å². The summed E-state index contributed by atoms with van der Waals surface area (Å²) in [5.74, 6) is 0. The van der Waals surface area contributed by atoms with E-state index in [2.05, 4.69) is 18.0 Å². The lowest BCUT2D eigenvalue weighted by atomic mass is 11.4. The number of rotatable bonds is 0. The van der Waals surface area contributed by atoms with Crippen LogP contribution >= 0.6 is 11.6 Å². The van der Waals surface area contributed by atoms with E-state index >= 15 is 0 Å². The zero-order valence-corrected chi connectivity index (χ0v) is 2.21. The molecule has 0 rings (SSSR count). The summed E-state index contributed by atoms with van der Waals surface area (Å²) in [5, 5.41) is 1.72. The first-order valence-electron chi connectivity index (χ1n) is 0.478. The molecule has 0 saturated heterocycles. The third-order valence-corrected chi connectivity index (χ3v) is 0. The Kier molecular flexibility index (Phi) is 20.9. The molecule has 0 atom stereocenters. The molecule has 0 unspecified atom stereocenters. The second kappa shape index (κ2) is 9.48. The average molecular weight is 86.8 g/mol. The van der Waals surface area contributed by atoms with Gasteiger partial charge in [0.15, 0.2) is 0 Å². The Balaban J connectivity index is 0. The number of hydrogen-bond donors (Lipinski definition) is 0. The van der Waals surface area contributed by atoms with Crippen LogP contribution in [0, 0.1) is 11.8 Å². The Morgan fingerprint density at radius 1 is 1.75 bits per heavy atom. The molecule has 0 heterocycles. The Labute approximate surface area is 46.7 Å². The molecular formula is C2H3ClMg. The van der Waals surface area contributed by atoms with Gasteiger partial charge in [0.05, 0.1) is 0 Å². The smallest absolute Gasteiger partial charge is 0.103 e. The molecule has 0 aromatic heterocycles. The van der Waals surface area contributed by atoms with E-state index in [4.69, 9.17) is 0 Å². The first-order valence-corrected chi connectivity index (χ1v) is 0.856. The summed E-state index contributed by atoms with van der Waals surface area (Å²) in [5.41, 5.74) is 0. The first kappa shape index (κ1) is 8.82. The molecule has 0 N–H and O–H groups in total. The largest absolute Gasteiger partial charge is 0.316 e. The second-order valence-electron chi connectivity index (χ2n) is 0.109. The molecule has 0 aliphatic rings. The molecule has 0 spiro atoms. The highest BCUT2D eigenvalue weighted by atomic mass is 35.5. The van der Waals surface area contributed by atoms with E-state index in [1.165, 1.54) is 0 Å². The first-order chi connectivity index (χ1) is 1.41. The molecule has 0 aliphatic carbocycles. The van der Waals surface area contributed by atoms with Crippen LogP contribution in [0.15, 0.2) is 0 Å². The van der Waals surface area contributed by atoms with Crippen LogP contribution in [-0.4, -0.2) is 23.1 Å². The molecule has 0 aromatic rings. The van der Waals surface area contributed by atoms with Crippen LogP contribution in [0.25, 0.3) is 0 Å². The average Bonchev–Trinajstić information content (AvgIpc) is 0.918. The quantitative estimate of drug-likeness (QED) is 0.286. The van der Waals surface area contributed by atoms with Gasteiger partial charge in [-0.2, -0.15) is 0 Å². The van der Waals surface area contributed by atoms with Crippen LogP contribution < -0.4 is 0 Å². The van der Waals surface area contributed by atoms with E-state index in [0.717, 1.165) is 0 Å². The molecule has 0 bridgehead atoms. The minimum atomic E-state index is 0. The van der Waals surface area contributed by atoms with E-state index < -0.39 is 0 Å². The number of halogens is 1. The fourth-order valence-corrected chi connectivity index (χ4v) is 0. The van der Waals surface area contributed by atoms with Gasteiger partial charge >= 0.3 is 23.1 Å². The minimum absolute atomic E-state index is 0. The predicted octanol–water partition coefficient (Wildman–Crippen LogP) is -0.100. The molecule has 20 valence electrons. The van der Waals surface area contributed by atoms with Gasteiger partial charge in [-0.3, -0.25) is 0 Å². The van der Waals surface area contributed by atoms with Gasteiger partial charge in [0.2, 0.25) is 0 Å². The maximum Gasteiger partial charge on any atom is 0.316 e. The Morgan fingerprint density at radius 3 is 1.75 bits per heavy atom. The summed E-state index contributed by atoms with van der Waals surface area (Å²) in [4.78, 5) is 0. The standard InChI is InChI=1S/C2HCl.Mg.2H/c1-2-3;;;/h1H;;;. The van der Waals surface area contributed by atoms with E-state index in [1.54, 1.807) is 5.38 Å². The Hall–Kier alpha value is 0.616. The van der Waals surface area contributed by atoms with Crippen molar-refractivity contribution in [2.24, 2.45) is 0 Å². The predicted molar refractivity (Wildman–Crippen MR) is 23.2 cm³/mol. The van der Waals surface area contributed by atoms with Gasteiger partial charge in [-0.05, 0) is 11.6 Å². The van der Waals surface area contributed by atoms with Crippen molar-refractivity contribution in [2.75, 3.05) is 0 Å². The summed E-state index contributed by atoms with van der Waals surface area (Å²) in [6.07, 6.45) is 4.36. The monoisotopic (exact) mass is 86.0 g/mol. The highest BCUT2D eigenvalue weighted by Crippen LogP contribution is 1.48. The molecule has 2 heteroatoms. The van der Waals surface area contributed by atoms with E-state index in [-0.39, 0.29) is 23.1 Å². The lowest BCUT2D eigenvalue weighted by Crippen LogP contribution is -0.954. The molecule has 0 amide bonds. The molecule has 0 radical (unpaired) electrons. The van der Waals surface area contributed by atoms with E-state index in [0.29, 0.717) is 0 Å². The van der Waals surface area contributed by atoms with Crippen LogP contribution in [0.1, 0.15) is 0 Å². The fourth-order valence-electron chi connectivity index (χ4n) is 0. The SMILES string of the molecule is C#CCl.[MgH2]. The third-order valence-electron chi connectivity index (χ3n) is 0. The molecule has 4 heavy (non-hydrogen) atoms. The van der Waals surface area contributed by atoms with E-state index in [1.807, 2.05) is 0 Å². The Morgan fingerprint density at radius 2 is 1.75 bits per heavy atom. The lowest BCUT2D eigenvalue weighted by Gasteiger charge is -1.18. The van der Waals surface area contributed by atoms with Gasteiger partial charge in [0.1, 0.15) is 0 Å². The van der Waals surface area contributed by atoms with Crippen molar-refractivity contribution in [3.8, 4) is 11.8 Å². The summed E-state index contributed by atoms with van der Waals surface area (Å²) < 4.78 is 0. The topological polar surface area (TPSA) is 0 Å². The number of hydrogen-bond acceptors (Lipinski definition) is 0. The number of terminal acetylenes is 1. The summed E-state index contributed by atoms with van der Waals surface area (Å²) in [6, 6.07) is 0. The van der Waals surface area contributed by atoms with Crippen LogP contribution in [0.4, 0.5) is 0 Å². The van der Waals surface area contributed by atoms with Crippen LogP contribution in [0.2, 0.25) is 0 Å². The van der Waals surface area contributed by atoms with Crippen molar-refractivity contribution in [2.45, 2.75) is 0 Å². The maximum atomic E-state index is 4.53. The zero-order valence-electron chi connectivity index (χ0n) is 1.46. The van der Waals surface area contributed by atoms with Crippen molar-refractivity contribution in [1.29, 1.82) is 0 Å². The van der Waals surface area contributed by atoms with Crippen LogP contribution in [-0.2, 0) is 0 Å². The molecule has 0 nitrogen and oxygen atoms in total. The van der Waals surface area contributed by atoms with Crippen molar-refractivity contribution in [1.82, 2.24) is 0 Å². The second-order valence-corrected chi connectivity index (χ2v) is 0.327. The van der Waals surface area contributed by atoms with Gasteiger partial charge in [0.25, 0.3) is 0 Å². The van der Waals surface area contributed by atoms with Crippen molar-refractivity contribution in [3.63, 3.8) is 0 Å². The lowest BCUT2D eigenvalue weighted by molar-refractivity contribution is 3.10. The van der Waals surface area contributed by atoms with Crippen molar-refractivity contribution < 1.29 is 0 Å². The molecule has 0 saturated carbocycles. The van der Waals surface area contributed by atoms with Gasteiger partial charge in [-0.25, -0.2) is 0 Å². The molecule has 0 fully saturated rings. The molecular weight excluding hydrogens is 83.8 g/mol. The maximum absolute atomic E-state index is 4.53.